The fraction of sp³-hybridized carbons (Fsp3) is 0.735. The topological polar surface area (TPSA) is 126 Å². The van der Waals surface area contributed by atoms with Gasteiger partial charge in [-0.1, -0.05) is 83.9 Å². The van der Waals surface area contributed by atoms with E-state index in [4.69, 9.17) is 14.2 Å². The fourth-order valence-corrected chi connectivity index (χ4v) is 6.39. The van der Waals surface area contributed by atoms with Crippen molar-refractivity contribution in [2.24, 2.45) is 35.5 Å². The molecule has 43 heavy (non-hydrogen) atoms. The van der Waals surface area contributed by atoms with Gasteiger partial charge in [-0.05, 0) is 38.2 Å². The lowest BCUT2D eigenvalue weighted by Gasteiger charge is -2.49. The van der Waals surface area contributed by atoms with E-state index in [1.807, 2.05) is 47.6 Å². The molecule has 2 aliphatic rings. The van der Waals surface area contributed by atoms with Crippen molar-refractivity contribution in [1.29, 1.82) is 0 Å². The molecule has 0 aromatic heterocycles. The number of cyclic esters (lactones) is 1. The maximum atomic E-state index is 15.1. The summed E-state index contributed by atoms with van der Waals surface area (Å²) in [5, 5.41) is 44.7. The number of aliphatic hydroxyl groups excluding tert-OH is 3. The minimum absolute atomic E-state index is 0.00770. The van der Waals surface area contributed by atoms with Crippen molar-refractivity contribution in [2.75, 3.05) is 7.11 Å². The van der Waals surface area contributed by atoms with Gasteiger partial charge in [-0.25, -0.2) is 4.79 Å². The summed E-state index contributed by atoms with van der Waals surface area (Å²) in [5.74, 6) is -6.51. The summed E-state index contributed by atoms with van der Waals surface area (Å²) < 4.78 is 32.6. The minimum Gasteiger partial charge on any atom is -0.454 e. The van der Waals surface area contributed by atoms with E-state index in [-0.39, 0.29) is 30.1 Å². The lowest BCUT2D eigenvalue weighted by atomic mass is 9.76. The molecule has 0 amide bonds. The first-order valence-electron chi connectivity index (χ1n) is 15.5. The molecule has 0 aliphatic carbocycles. The zero-order valence-corrected chi connectivity index (χ0v) is 27.5. The molecule has 0 saturated carbocycles. The van der Waals surface area contributed by atoms with E-state index in [2.05, 4.69) is 0 Å². The normalized spacial score (nSPS) is 42.0. The van der Waals surface area contributed by atoms with Crippen molar-refractivity contribution in [1.82, 2.24) is 0 Å². The lowest BCUT2D eigenvalue weighted by molar-refractivity contribution is -0.328. The smallest absolute Gasteiger partial charge is 0.367 e. The standard InChI is InChI=1S/C34H55FO8/c1-18(2)31-23(7)27(36)17-34(40,43-31)25(9)30(38)24(8)32-28(41-10)13-11-12-19(3)14-21(5)29(37)22(6)15-20(4)16-26(35)33(39)42-32/h11-13,15-16,18,21-25,27-32,36-38,40H,14,17H2,1-10H3/b13-11+,19-12+,20-15+,26-16+/t21?,22-,23+,24+,25+,27-,28+,29+,30-,31-,32-,34+/m1/s1. The summed E-state index contributed by atoms with van der Waals surface area (Å²) >= 11 is 0. The highest BCUT2D eigenvalue weighted by Gasteiger charge is 2.51. The van der Waals surface area contributed by atoms with Crippen molar-refractivity contribution in [3.05, 3.63) is 47.4 Å². The van der Waals surface area contributed by atoms with Gasteiger partial charge >= 0.3 is 5.97 Å². The molecule has 1 saturated heterocycles. The molecule has 0 bridgehead atoms. The van der Waals surface area contributed by atoms with Gasteiger partial charge in [0.25, 0.3) is 0 Å². The van der Waals surface area contributed by atoms with E-state index >= 15 is 4.39 Å². The van der Waals surface area contributed by atoms with Crippen LogP contribution >= 0.6 is 0 Å². The van der Waals surface area contributed by atoms with Crippen molar-refractivity contribution in [3.63, 3.8) is 0 Å². The Labute approximate surface area is 257 Å². The third kappa shape index (κ3) is 9.55. The number of allylic oxidation sites excluding steroid dienone is 5. The maximum Gasteiger partial charge on any atom is 0.367 e. The van der Waals surface area contributed by atoms with Crippen LogP contribution in [0.3, 0.4) is 0 Å². The Hall–Kier alpha value is -1.88. The second-order valence-electron chi connectivity index (χ2n) is 13.3. The molecule has 2 aliphatic heterocycles. The van der Waals surface area contributed by atoms with Crippen LogP contribution in [0.2, 0.25) is 0 Å². The van der Waals surface area contributed by atoms with E-state index in [9.17, 15) is 25.2 Å². The number of ether oxygens (including phenoxy) is 3. The Morgan fingerprint density at radius 3 is 2.30 bits per heavy atom. The highest BCUT2D eigenvalue weighted by atomic mass is 19.1. The van der Waals surface area contributed by atoms with Crippen LogP contribution in [0.1, 0.15) is 75.2 Å². The monoisotopic (exact) mass is 610 g/mol. The largest absolute Gasteiger partial charge is 0.454 e. The molecule has 9 heteroatoms. The first-order valence-corrected chi connectivity index (χ1v) is 15.5. The summed E-state index contributed by atoms with van der Waals surface area (Å²) in [6, 6.07) is 0. The maximum absolute atomic E-state index is 15.1. The Bertz CT molecular complexity index is 1050. The van der Waals surface area contributed by atoms with Crippen LogP contribution in [0, 0.1) is 35.5 Å². The highest BCUT2D eigenvalue weighted by molar-refractivity contribution is 5.86. The summed E-state index contributed by atoms with van der Waals surface area (Å²) in [5.41, 5.74) is 1.47. The van der Waals surface area contributed by atoms with Crippen LogP contribution in [0.15, 0.2) is 47.4 Å². The van der Waals surface area contributed by atoms with E-state index < -0.39 is 66.0 Å². The predicted octanol–water partition coefficient (Wildman–Crippen LogP) is 5.02. The molecule has 12 atom stereocenters. The van der Waals surface area contributed by atoms with E-state index in [1.165, 1.54) is 7.11 Å². The van der Waals surface area contributed by atoms with Gasteiger partial charge in [0.15, 0.2) is 5.79 Å². The molecule has 1 fully saturated rings. The van der Waals surface area contributed by atoms with E-state index in [0.29, 0.717) is 12.0 Å². The number of hydrogen-bond acceptors (Lipinski definition) is 8. The molecular formula is C34H55FO8. The molecule has 1 unspecified atom stereocenters. The predicted molar refractivity (Wildman–Crippen MR) is 164 cm³/mol. The van der Waals surface area contributed by atoms with Gasteiger partial charge in [-0.3, -0.25) is 0 Å². The number of methoxy groups -OCH3 is 1. The zero-order valence-electron chi connectivity index (χ0n) is 27.5. The van der Waals surface area contributed by atoms with Crippen molar-refractivity contribution in [2.45, 2.75) is 118 Å². The lowest BCUT2D eigenvalue weighted by Crippen LogP contribution is -2.59. The number of esters is 1. The first kappa shape index (κ1) is 37.3. The van der Waals surface area contributed by atoms with Crippen molar-refractivity contribution >= 4 is 5.97 Å². The van der Waals surface area contributed by atoms with Crippen LogP contribution in [0.4, 0.5) is 4.39 Å². The van der Waals surface area contributed by atoms with Crippen LogP contribution in [-0.2, 0) is 19.0 Å². The number of carbonyl (C=O) groups excluding carboxylic acids is 1. The Kier molecular flexibility index (Phi) is 13.8. The molecule has 4 N–H and O–H groups in total. The average molecular weight is 611 g/mol. The quantitative estimate of drug-likeness (QED) is 0.309. The van der Waals surface area contributed by atoms with Crippen LogP contribution in [-0.4, -0.2) is 75.9 Å². The number of hydrogen-bond donors (Lipinski definition) is 4. The van der Waals surface area contributed by atoms with Crippen molar-refractivity contribution in [3.8, 4) is 0 Å². The van der Waals surface area contributed by atoms with Crippen LogP contribution < -0.4 is 0 Å². The Morgan fingerprint density at radius 1 is 1.09 bits per heavy atom. The summed E-state index contributed by atoms with van der Waals surface area (Å²) in [6.07, 6.45) is 3.36. The third-order valence-corrected chi connectivity index (χ3v) is 9.27. The van der Waals surface area contributed by atoms with Gasteiger partial charge in [0.1, 0.15) is 12.2 Å². The first-order chi connectivity index (χ1) is 19.9. The number of rotatable bonds is 6. The second-order valence-corrected chi connectivity index (χ2v) is 13.3. The van der Waals surface area contributed by atoms with Crippen molar-refractivity contribution < 1.29 is 43.8 Å². The molecule has 2 rings (SSSR count). The average Bonchev–Trinajstić information content (AvgIpc) is 2.93. The number of halogens is 1. The highest BCUT2D eigenvalue weighted by Crippen LogP contribution is 2.41. The summed E-state index contributed by atoms with van der Waals surface area (Å²) in [7, 11) is 1.43. The van der Waals surface area contributed by atoms with Gasteiger partial charge in [0, 0.05) is 37.2 Å². The molecule has 8 nitrogen and oxygen atoms in total. The molecule has 0 aromatic carbocycles. The van der Waals surface area contributed by atoms with Crippen LogP contribution in [0.25, 0.3) is 0 Å². The Morgan fingerprint density at radius 2 is 1.72 bits per heavy atom. The van der Waals surface area contributed by atoms with Gasteiger partial charge in [0.2, 0.25) is 5.83 Å². The SMILES string of the molecule is CO[C@H]1/C=C/C=C(\C)CC(C)[C@H](O)[C@H](C)/C=C(C)/C=C(/F)C(=O)O[C@@H]1[C@@H](C)[C@@H](O)[C@H](C)[C@]1(O)C[C@@H](O)[C@H](C)[C@@H](C(C)C)O1. The number of aliphatic hydroxyl groups is 4. The summed E-state index contributed by atoms with van der Waals surface area (Å²) in [6.45, 7) is 16.4. The zero-order chi connectivity index (χ0) is 32.8. The molecule has 0 aromatic rings. The molecule has 2 heterocycles. The Balaban J connectivity index is 2.48. The van der Waals surface area contributed by atoms with Gasteiger partial charge < -0.3 is 34.6 Å². The van der Waals surface area contributed by atoms with Gasteiger partial charge in [-0.2, -0.15) is 4.39 Å². The third-order valence-electron chi connectivity index (χ3n) is 9.27. The van der Waals surface area contributed by atoms with Gasteiger partial charge in [-0.15, -0.1) is 0 Å². The molecule has 0 radical (unpaired) electrons. The molecule has 0 spiro atoms. The van der Waals surface area contributed by atoms with E-state index in [1.54, 1.807) is 39.0 Å². The van der Waals surface area contributed by atoms with Crippen LogP contribution in [0.5, 0.6) is 0 Å². The number of carbonyl (C=O) groups is 1. The van der Waals surface area contributed by atoms with Gasteiger partial charge in [0.05, 0.1) is 24.4 Å². The fourth-order valence-electron chi connectivity index (χ4n) is 6.39. The minimum atomic E-state index is -1.85. The second kappa shape index (κ2) is 15.9. The van der Waals surface area contributed by atoms with E-state index in [0.717, 1.165) is 11.6 Å². The molecular weight excluding hydrogens is 555 g/mol. The molecule has 246 valence electrons. The summed E-state index contributed by atoms with van der Waals surface area (Å²) in [4.78, 5) is 13.0.